The number of hydrogen-bond acceptors (Lipinski definition) is 1. The predicted octanol–water partition coefficient (Wildman–Crippen LogP) is 12.0. The molecule has 1 heterocycles. The van der Waals surface area contributed by atoms with Crippen molar-refractivity contribution < 1.29 is 40.1 Å². The summed E-state index contributed by atoms with van der Waals surface area (Å²) < 4.78 is 237. The Balaban J connectivity index is 1.52. The van der Waals surface area contributed by atoms with Crippen LogP contribution in [0.1, 0.15) is 35.6 Å². The molecule has 8 aromatic carbocycles. The Morgan fingerprint density at radius 3 is 1.51 bits per heavy atom. The van der Waals surface area contributed by atoms with Gasteiger partial charge in [-0.3, -0.25) is 0 Å². The van der Waals surface area contributed by atoms with E-state index in [4.69, 9.17) is 25.0 Å². The van der Waals surface area contributed by atoms with Crippen LogP contribution in [-0.2, 0) is 0 Å². The third kappa shape index (κ3) is 3.79. The molecule has 0 atom stereocenters. The Bertz CT molecular complexity index is 3860. The largest absolute Gasteiger partial charge is 0.456 e. The van der Waals surface area contributed by atoms with E-state index in [1.807, 2.05) is 0 Å². The van der Waals surface area contributed by atoms with Crippen LogP contribution in [0.25, 0.3) is 87.6 Å². The number of rotatable bonds is 3. The molecule has 0 N–H and O–H groups in total. The average molecular weight is 573 g/mol. The van der Waals surface area contributed by atoms with Gasteiger partial charge in [-0.15, -0.1) is 0 Å². The van der Waals surface area contributed by atoms with Crippen LogP contribution in [0.4, 0.5) is 0 Å². The average Bonchev–Trinajstić information content (AvgIpc) is 3.73. The van der Waals surface area contributed by atoms with Gasteiger partial charge in [0.25, 0.3) is 0 Å². The fourth-order valence-corrected chi connectivity index (χ4v) is 5.02. The van der Waals surface area contributed by atoms with E-state index in [-0.39, 0.29) is 5.39 Å². The van der Waals surface area contributed by atoms with Gasteiger partial charge in [0.15, 0.2) is 0 Å². The molecule has 0 unspecified atom stereocenters. The summed E-state index contributed by atoms with van der Waals surface area (Å²) in [5.41, 5.74) is -5.61. The molecule has 9 aromatic rings. The Morgan fingerprint density at radius 2 is 0.814 bits per heavy atom. The molecular formula is C42H26O. The third-order valence-electron chi connectivity index (χ3n) is 6.89. The molecule has 0 spiro atoms. The smallest absolute Gasteiger partial charge is 0.136 e. The van der Waals surface area contributed by atoms with E-state index in [0.29, 0.717) is 0 Å². The highest BCUT2D eigenvalue weighted by molar-refractivity contribution is 6.22. The summed E-state index contributed by atoms with van der Waals surface area (Å²) >= 11 is 0. The summed E-state index contributed by atoms with van der Waals surface area (Å²) in [6.07, 6.45) is 0. The van der Waals surface area contributed by atoms with Gasteiger partial charge in [0.2, 0.25) is 0 Å². The van der Waals surface area contributed by atoms with Crippen LogP contribution in [0.2, 0.25) is 0 Å². The molecule has 43 heavy (non-hydrogen) atoms. The lowest BCUT2D eigenvalue weighted by Crippen LogP contribution is -1.91. The Labute approximate surface area is 285 Å². The summed E-state index contributed by atoms with van der Waals surface area (Å²) in [6.45, 7) is 0. The van der Waals surface area contributed by atoms with E-state index >= 15 is 0 Å². The van der Waals surface area contributed by atoms with Crippen molar-refractivity contribution in [2.75, 3.05) is 0 Å². The van der Waals surface area contributed by atoms with Crippen LogP contribution in [0.15, 0.2) is 162 Å². The minimum absolute atomic E-state index is 0.364. The topological polar surface area (TPSA) is 13.1 Å². The van der Waals surface area contributed by atoms with Crippen LogP contribution in [-0.4, -0.2) is 0 Å². The van der Waals surface area contributed by atoms with E-state index in [2.05, 4.69) is 0 Å². The Morgan fingerprint density at radius 1 is 0.326 bits per heavy atom. The summed E-state index contributed by atoms with van der Waals surface area (Å²) in [6, 6.07) is -23.1. The fraction of sp³-hybridized carbons (Fsp3) is 0. The maximum atomic E-state index is 9.49. The monoisotopic (exact) mass is 572 g/mol. The lowest BCUT2D eigenvalue weighted by atomic mass is 9.85. The maximum Gasteiger partial charge on any atom is 0.136 e. The van der Waals surface area contributed by atoms with Gasteiger partial charge in [-0.25, -0.2) is 0 Å². The van der Waals surface area contributed by atoms with Gasteiger partial charge in [-0.2, -0.15) is 0 Å². The number of fused-ring (bicyclic) bond motifs is 6. The molecule has 1 heteroatoms. The highest BCUT2D eigenvalue weighted by Gasteiger charge is 2.17. The molecule has 0 bridgehead atoms. The van der Waals surface area contributed by atoms with E-state index < -0.39 is 239 Å². The van der Waals surface area contributed by atoms with Crippen LogP contribution in [0, 0.1) is 0 Å². The Hall–Kier alpha value is -5.66. The number of hydrogen-bond donors (Lipinski definition) is 0. The highest BCUT2D eigenvalue weighted by Crippen LogP contribution is 2.45. The van der Waals surface area contributed by atoms with E-state index in [9.17, 15) is 15.1 Å². The van der Waals surface area contributed by atoms with Crippen LogP contribution >= 0.6 is 0 Å². The first-order valence-electron chi connectivity index (χ1n) is 25.7. The van der Waals surface area contributed by atoms with Crippen molar-refractivity contribution in [3.8, 4) is 33.4 Å². The number of furan rings is 1. The molecule has 0 aliphatic carbocycles. The van der Waals surface area contributed by atoms with Crippen LogP contribution in [0.3, 0.4) is 0 Å². The third-order valence-corrected chi connectivity index (χ3v) is 6.89. The van der Waals surface area contributed by atoms with Crippen LogP contribution < -0.4 is 0 Å². The zero-order chi connectivity index (χ0) is 51.0. The first-order valence-corrected chi connectivity index (χ1v) is 12.7. The van der Waals surface area contributed by atoms with Gasteiger partial charge in [0, 0.05) is 10.8 Å². The SMILES string of the molecule is [2H]c1c([2H])c(-c2c3c([2H])c([2H])c([2H])c([2H])c3c(-c3c([2H])c([2H])c4c(oc5c([2H])c([2H])c([2H])c([2H])c54)c3[2H])c3c([2H])c([2H])c([2H])c([2H])c23)c([2H])c([2H])c1-c1c([2H])c([2H])c2c([2H])c([2H])c([2H])c([2H])c2c1[2H]. The van der Waals surface area contributed by atoms with Gasteiger partial charge >= 0.3 is 0 Å². The molecule has 1 nitrogen and oxygen atoms in total. The Kier molecular flexibility index (Phi) is 2.13. The summed E-state index contributed by atoms with van der Waals surface area (Å²) in [5, 5.41) is -4.69. The van der Waals surface area contributed by atoms with E-state index in [0.717, 1.165) is 0 Å². The zero-order valence-corrected chi connectivity index (χ0v) is 21.4. The molecule has 9 rings (SSSR count). The second-order valence-electron chi connectivity index (χ2n) is 9.26. The fourth-order valence-electron chi connectivity index (χ4n) is 5.02. The predicted molar refractivity (Wildman–Crippen MR) is 183 cm³/mol. The normalized spacial score (nSPS) is 20.2. The lowest BCUT2D eigenvalue weighted by Gasteiger charge is -2.18. The van der Waals surface area contributed by atoms with Gasteiger partial charge in [-0.05, 0) is 89.9 Å². The second kappa shape index (κ2) is 9.44. The van der Waals surface area contributed by atoms with Gasteiger partial charge in [0.05, 0.1) is 35.6 Å². The first-order chi connectivity index (χ1) is 32.2. The first kappa shape index (κ1) is 9.69. The zero-order valence-electron chi connectivity index (χ0n) is 47.4. The summed E-state index contributed by atoms with van der Waals surface area (Å²) in [7, 11) is 0. The molecule has 0 fully saturated rings. The van der Waals surface area contributed by atoms with E-state index in [1.54, 1.807) is 0 Å². The van der Waals surface area contributed by atoms with Crippen LogP contribution in [0.5, 0.6) is 0 Å². The van der Waals surface area contributed by atoms with Gasteiger partial charge in [0.1, 0.15) is 11.2 Å². The summed E-state index contributed by atoms with van der Waals surface area (Å²) in [5.74, 6) is 0. The highest BCUT2D eigenvalue weighted by atomic mass is 16.3. The van der Waals surface area contributed by atoms with Crippen molar-refractivity contribution in [2.45, 2.75) is 0 Å². The molecular weight excluding hydrogens is 520 g/mol. The van der Waals surface area contributed by atoms with Crippen molar-refractivity contribution in [1.29, 1.82) is 0 Å². The standard InChI is InChI=1S/C42H26O/c1-2-10-30-25-31(22-19-27(30)9-1)28-17-20-29(21-18-28)41-35-12-3-5-14-37(35)42(38-15-6-4-13-36(38)41)32-23-24-34-33-11-7-8-16-39(33)43-40(34)26-32/h1-26H/i1D,2D,3D,4D,5D,6D,7D,8D,9D,10D,11D,12D,13D,14D,15D,16D,17D,18D,19D,20D,21D,22D,23D,24D,25D,26D. The number of benzene rings is 8. The van der Waals surface area contributed by atoms with Crippen molar-refractivity contribution in [2.24, 2.45) is 0 Å². The molecule has 0 aliphatic rings. The quantitative estimate of drug-likeness (QED) is 0.192. The number of para-hydroxylation sites is 1. The van der Waals surface area contributed by atoms with Gasteiger partial charge in [-0.1, -0.05) is 133 Å². The second-order valence-corrected chi connectivity index (χ2v) is 9.26. The lowest BCUT2D eigenvalue weighted by molar-refractivity contribution is 0.669. The molecule has 200 valence electrons. The minimum atomic E-state index is -1.07. The van der Waals surface area contributed by atoms with E-state index in [1.165, 1.54) is 0 Å². The van der Waals surface area contributed by atoms with Crippen molar-refractivity contribution in [1.82, 2.24) is 0 Å². The molecule has 0 amide bonds. The molecule has 0 radical (unpaired) electrons. The van der Waals surface area contributed by atoms with Crippen molar-refractivity contribution >= 4 is 54.3 Å². The molecule has 0 saturated heterocycles. The maximum absolute atomic E-state index is 9.49. The van der Waals surface area contributed by atoms with Gasteiger partial charge < -0.3 is 4.42 Å². The molecule has 0 saturated carbocycles. The van der Waals surface area contributed by atoms with Crippen molar-refractivity contribution in [3.05, 3.63) is 157 Å². The minimum Gasteiger partial charge on any atom is -0.456 e. The molecule has 0 aliphatic heterocycles. The summed E-state index contributed by atoms with van der Waals surface area (Å²) in [4.78, 5) is 0. The van der Waals surface area contributed by atoms with Crippen molar-refractivity contribution in [3.63, 3.8) is 0 Å². The molecule has 1 aromatic heterocycles.